The standard InChI is InChI=1S/C12H12FNO2/c1-3-4-14-10-7(2)5-8(13)6-9(10)11(15)12(14)16/h5-6H,3-4H2,1-2H3. The van der Waals surface area contributed by atoms with Crippen molar-refractivity contribution in [2.75, 3.05) is 11.4 Å². The van der Waals surface area contributed by atoms with E-state index in [1.54, 1.807) is 6.92 Å². The lowest BCUT2D eigenvalue weighted by atomic mass is 10.1. The van der Waals surface area contributed by atoms with Gasteiger partial charge >= 0.3 is 0 Å². The molecule has 16 heavy (non-hydrogen) atoms. The van der Waals surface area contributed by atoms with E-state index in [-0.39, 0.29) is 5.56 Å². The zero-order chi connectivity index (χ0) is 11.9. The number of fused-ring (bicyclic) bond motifs is 1. The molecule has 4 heteroatoms. The average molecular weight is 221 g/mol. The highest BCUT2D eigenvalue weighted by atomic mass is 19.1. The number of anilines is 1. The lowest BCUT2D eigenvalue weighted by molar-refractivity contribution is -0.114. The number of aryl methyl sites for hydroxylation is 1. The summed E-state index contributed by atoms with van der Waals surface area (Å²) in [6, 6.07) is 2.48. The van der Waals surface area contributed by atoms with Gasteiger partial charge in [0.15, 0.2) is 0 Å². The van der Waals surface area contributed by atoms with E-state index < -0.39 is 17.5 Å². The van der Waals surface area contributed by atoms with E-state index in [0.29, 0.717) is 17.8 Å². The summed E-state index contributed by atoms with van der Waals surface area (Å²) in [6.45, 7) is 4.12. The number of Topliss-reactive ketones (excluding diaryl/α,β-unsaturated/α-hetero) is 1. The highest BCUT2D eigenvalue weighted by Crippen LogP contribution is 2.33. The predicted octanol–water partition coefficient (Wildman–Crippen LogP) is 2.07. The Bertz CT molecular complexity index is 482. The second kappa shape index (κ2) is 3.70. The number of benzene rings is 1. The molecular weight excluding hydrogens is 209 g/mol. The van der Waals surface area contributed by atoms with Gasteiger partial charge in [-0.05, 0) is 31.0 Å². The zero-order valence-electron chi connectivity index (χ0n) is 9.21. The van der Waals surface area contributed by atoms with Crippen LogP contribution in [0.15, 0.2) is 12.1 Å². The summed E-state index contributed by atoms with van der Waals surface area (Å²) in [5.74, 6) is -1.63. The van der Waals surface area contributed by atoms with Crippen molar-refractivity contribution in [1.29, 1.82) is 0 Å². The average Bonchev–Trinajstić information content (AvgIpc) is 2.44. The summed E-state index contributed by atoms with van der Waals surface area (Å²) in [4.78, 5) is 24.7. The molecule has 0 spiro atoms. The molecule has 2 rings (SSSR count). The number of nitrogens with zero attached hydrogens (tertiary/aromatic N) is 1. The van der Waals surface area contributed by atoms with Gasteiger partial charge in [-0.15, -0.1) is 0 Å². The first kappa shape index (κ1) is 10.8. The first-order valence-electron chi connectivity index (χ1n) is 5.22. The fraction of sp³-hybridized carbons (Fsp3) is 0.333. The maximum atomic E-state index is 13.2. The van der Waals surface area contributed by atoms with Crippen LogP contribution in [-0.2, 0) is 4.79 Å². The topological polar surface area (TPSA) is 37.4 Å². The second-order valence-corrected chi connectivity index (χ2v) is 3.90. The van der Waals surface area contributed by atoms with Crippen LogP contribution in [0.2, 0.25) is 0 Å². The lowest BCUT2D eigenvalue weighted by Gasteiger charge is -2.17. The summed E-state index contributed by atoms with van der Waals surface area (Å²) in [6.07, 6.45) is 0.759. The number of carbonyl (C=O) groups is 2. The highest BCUT2D eigenvalue weighted by molar-refractivity contribution is 6.52. The maximum absolute atomic E-state index is 13.2. The number of carbonyl (C=O) groups excluding carboxylic acids is 2. The smallest absolute Gasteiger partial charge is 0.299 e. The third-order valence-corrected chi connectivity index (χ3v) is 2.67. The molecule has 0 saturated carbocycles. The van der Waals surface area contributed by atoms with E-state index in [1.807, 2.05) is 6.92 Å². The number of rotatable bonds is 2. The number of halogens is 1. The summed E-state index contributed by atoms with van der Waals surface area (Å²) in [5, 5.41) is 0. The van der Waals surface area contributed by atoms with Crippen LogP contribution in [0.4, 0.5) is 10.1 Å². The van der Waals surface area contributed by atoms with Crippen molar-refractivity contribution in [3.05, 3.63) is 29.1 Å². The Labute approximate surface area is 92.9 Å². The molecule has 1 aliphatic heterocycles. The maximum Gasteiger partial charge on any atom is 0.299 e. The first-order chi connectivity index (χ1) is 7.56. The molecule has 0 aliphatic carbocycles. The summed E-state index contributed by atoms with van der Waals surface area (Å²) in [7, 11) is 0. The van der Waals surface area contributed by atoms with Gasteiger partial charge in [0.2, 0.25) is 0 Å². The van der Waals surface area contributed by atoms with Crippen molar-refractivity contribution in [3.8, 4) is 0 Å². The van der Waals surface area contributed by atoms with Gasteiger partial charge in [-0.2, -0.15) is 0 Å². The van der Waals surface area contributed by atoms with Crippen molar-refractivity contribution in [2.24, 2.45) is 0 Å². The van der Waals surface area contributed by atoms with Crippen LogP contribution >= 0.6 is 0 Å². The minimum atomic E-state index is -0.606. The molecule has 0 bridgehead atoms. The number of hydrogen-bond donors (Lipinski definition) is 0. The Hall–Kier alpha value is -1.71. The predicted molar refractivity (Wildman–Crippen MR) is 58.1 cm³/mol. The Morgan fingerprint density at radius 3 is 2.62 bits per heavy atom. The van der Waals surface area contributed by atoms with E-state index in [4.69, 9.17) is 0 Å². The van der Waals surface area contributed by atoms with Gasteiger partial charge in [-0.1, -0.05) is 6.92 Å². The summed E-state index contributed by atoms with van der Waals surface area (Å²) < 4.78 is 13.2. The van der Waals surface area contributed by atoms with Crippen molar-refractivity contribution >= 4 is 17.4 Å². The van der Waals surface area contributed by atoms with Crippen molar-refractivity contribution in [2.45, 2.75) is 20.3 Å². The van der Waals surface area contributed by atoms with Gasteiger partial charge in [0.25, 0.3) is 11.7 Å². The summed E-state index contributed by atoms with van der Waals surface area (Å²) in [5.41, 5.74) is 1.39. The minimum Gasteiger partial charge on any atom is -0.305 e. The fourth-order valence-corrected chi connectivity index (χ4v) is 2.04. The van der Waals surface area contributed by atoms with Crippen LogP contribution in [0.25, 0.3) is 0 Å². The Morgan fingerprint density at radius 1 is 1.31 bits per heavy atom. The molecule has 1 aromatic rings. The van der Waals surface area contributed by atoms with E-state index in [0.717, 1.165) is 12.5 Å². The molecule has 0 N–H and O–H groups in total. The van der Waals surface area contributed by atoms with E-state index in [9.17, 15) is 14.0 Å². The molecule has 0 radical (unpaired) electrons. The SMILES string of the molecule is CCCN1C(=O)C(=O)c2cc(F)cc(C)c21. The normalized spacial score (nSPS) is 14.6. The molecule has 1 aliphatic rings. The van der Waals surface area contributed by atoms with Crippen LogP contribution in [-0.4, -0.2) is 18.2 Å². The molecule has 0 saturated heterocycles. The Balaban J connectivity index is 2.60. The molecule has 3 nitrogen and oxygen atoms in total. The van der Waals surface area contributed by atoms with Crippen molar-refractivity contribution in [3.63, 3.8) is 0 Å². The molecule has 0 unspecified atom stereocenters. The molecular formula is C12H12FNO2. The largest absolute Gasteiger partial charge is 0.305 e. The molecule has 1 aromatic carbocycles. The quantitative estimate of drug-likeness (QED) is 0.717. The highest BCUT2D eigenvalue weighted by Gasteiger charge is 2.36. The van der Waals surface area contributed by atoms with Gasteiger partial charge in [-0.3, -0.25) is 9.59 Å². The van der Waals surface area contributed by atoms with E-state index >= 15 is 0 Å². The number of ketones is 1. The molecule has 0 atom stereocenters. The van der Waals surface area contributed by atoms with Gasteiger partial charge in [0, 0.05) is 6.54 Å². The third-order valence-electron chi connectivity index (χ3n) is 2.67. The van der Waals surface area contributed by atoms with Crippen LogP contribution in [0.3, 0.4) is 0 Å². The summed E-state index contributed by atoms with van der Waals surface area (Å²) >= 11 is 0. The Morgan fingerprint density at radius 2 is 2.00 bits per heavy atom. The van der Waals surface area contributed by atoms with Crippen LogP contribution in [0, 0.1) is 12.7 Å². The first-order valence-corrected chi connectivity index (χ1v) is 5.22. The molecule has 0 fully saturated rings. The number of hydrogen-bond acceptors (Lipinski definition) is 2. The molecule has 84 valence electrons. The van der Waals surface area contributed by atoms with Gasteiger partial charge in [0.1, 0.15) is 5.82 Å². The van der Waals surface area contributed by atoms with Crippen LogP contribution in [0.1, 0.15) is 29.3 Å². The lowest BCUT2D eigenvalue weighted by Crippen LogP contribution is -2.30. The molecule has 1 heterocycles. The number of amides is 1. The monoisotopic (exact) mass is 221 g/mol. The fourth-order valence-electron chi connectivity index (χ4n) is 2.04. The minimum absolute atomic E-state index is 0.191. The zero-order valence-corrected chi connectivity index (χ0v) is 9.21. The third kappa shape index (κ3) is 1.41. The van der Waals surface area contributed by atoms with E-state index in [1.165, 1.54) is 11.0 Å². The van der Waals surface area contributed by atoms with Gasteiger partial charge < -0.3 is 4.90 Å². The van der Waals surface area contributed by atoms with Crippen molar-refractivity contribution in [1.82, 2.24) is 0 Å². The van der Waals surface area contributed by atoms with Crippen LogP contribution < -0.4 is 4.90 Å². The Kier molecular flexibility index (Phi) is 2.50. The second-order valence-electron chi connectivity index (χ2n) is 3.90. The van der Waals surface area contributed by atoms with Crippen molar-refractivity contribution < 1.29 is 14.0 Å². The van der Waals surface area contributed by atoms with Crippen LogP contribution in [0.5, 0.6) is 0 Å². The van der Waals surface area contributed by atoms with E-state index in [2.05, 4.69) is 0 Å². The van der Waals surface area contributed by atoms with Gasteiger partial charge in [0.05, 0.1) is 11.3 Å². The van der Waals surface area contributed by atoms with Gasteiger partial charge in [-0.25, -0.2) is 4.39 Å². The molecule has 0 aromatic heterocycles. The molecule has 1 amide bonds.